The maximum absolute atomic E-state index is 5.88. The fourth-order valence-electron chi connectivity index (χ4n) is 1.93. The van der Waals surface area contributed by atoms with Crippen molar-refractivity contribution in [1.82, 2.24) is 0 Å². The molecule has 1 aromatic rings. The molecule has 0 aliphatic heterocycles. The van der Waals surface area contributed by atoms with Crippen LogP contribution in [-0.4, -0.2) is 6.04 Å². The molecular formula is C12H15N. The van der Waals surface area contributed by atoms with Gasteiger partial charge in [0.1, 0.15) is 0 Å². The van der Waals surface area contributed by atoms with Crippen LogP contribution in [0.4, 0.5) is 0 Å². The number of fused-ring (bicyclic) bond motifs is 1. The maximum Gasteiger partial charge on any atom is 0.0269 e. The minimum atomic E-state index is 0.156. The molecule has 0 radical (unpaired) electrons. The number of benzene rings is 1. The van der Waals surface area contributed by atoms with Crippen LogP contribution < -0.4 is 5.73 Å². The predicted octanol–water partition coefficient (Wildman–Crippen LogP) is 2.28. The number of hydrogen-bond acceptors (Lipinski definition) is 1. The van der Waals surface area contributed by atoms with Crippen molar-refractivity contribution in [2.45, 2.75) is 26.3 Å². The first-order chi connectivity index (χ1) is 6.18. The molecule has 68 valence electrons. The molecule has 0 spiro atoms. The Kier molecular flexibility index (Phi) is 1.97. The van der Waals surface area contributed by atoms with Gasteiger partial charge in [0.15, 0.2) is 0 Å². The average Bonchev–Trinajstić information content (AvgIpc) is 2.46. The van der Waals surface area contributed by atoms with Crippen LogP contribution in [0.5, 0.6) is 0 Å². The van der Waals surface area contributed by atoms with Gasteiger partial charge >= 0.3 is 0 Å². The summed E-state index contributed by atoms with van der Waals surface area (Å²) < 4.78 is 0. The molecular weight excluding hydrogens is 158 g/mol. The van der Waals surface area contributed by atoms with Crippen LogP contribution in [-0.2, 0) is 6.42 Å². The van der Waals surface area contributed by atoms with Gasteiger partial charge in [-0.3, -0.25) is 0 Å². The highest BCUT2D eigenvalue weighted by Gasteiger charge is 2.15. The second-order valence-corrected chi connectivity index (χ2v) is 3.81. The number of nitrogens with two attached hydrogens (primary N) is 1. The van der Waals surface area contributed by atoms with Gasteiger partial charge in [-0.1, -0.05) is 29.8 Å². The standard InChI is InChI=1S/C12H15N/c1-8-3-5-12-10(7-8)4-6-11(12)9(2)13/h3,5-7,9H,4,13H2,1-2H3. The Morgan fingerprint density at radius 2 is 2.15 bits per heavy atom. The van der Waals surface area contributed by atoms with Gasteiger partial charge in [0.25, 0.3) is 0 Å². The van der Waals surface area contributed by atoms with E-state index in [-0.39, 0.29) is 6.04 Å². The molecule has 0 fully saturated rings. The van der Waals surface area contributed by atoms with Gasteiger partial charge in [-0.2, -0.15) is 0 Å². The number of rotatable bonds is 1. The molecule has 1 aromatic carbocycles. The first-order valence-electron chi connectivity index (χ1n) is 4.74. The third kappa shape index (κ3) is 1.40. The smallest absolute Gasteiger partial charge is 0.0269 e. The number of allylic oxidation sites excluding steroid dienone is 1. The Bertz CT molecular complexity index is 361. The predicted molar refractivity (Wildman–Crippen MR) is 56.5 cm³/mol. The van der Waals surface area contributed by atoms with E-state index in [1.807, 2.05) is 6.92 Å². The molecule has 1 aliphatic rings. The Balaban J connectivity index is 2.45. The van der Waals surface area contributed by atoms with Gasteiger partial charge in [0, 0.05) is 6.04 Å². The van der Waals surface area contributed by atoms with E-state index in [4.69, 9.17) is 5.73 Å². The molecule has 1 unspecified atom stereocenters. The molecule has 0 amide bonds. The van der Waals surface area contributed by atoms with E-state index in [9.17, 15) is 0 Å². The SMILES string of the molecule is Cc1ccc2c(c1)CC=C2C(C)N. The van der Waals surface area contributed by atoms with Crippen molar-refractivity contribution in [1.29, 1.82) is 0 Å². The van der Waals surface area contributed by atoms with Gasteiger partial charge in [0.2, 0.25) is 0 Å². The van der Waals surface area contributed by atoms with E-state index in [0.717, 1.165) is 6.42 Å². The Morgan fingerprint density at radius 1 is 1.38 bits per heavy atom. The second kappa shape index (κ2) is 3.00. The van der Waals surface area contributed by atoms with Gasteiger partial charge in [-0.15, -0.1) is 0 Å². The quantitative estimate of drug-likeness (QED) is 0.692. The van der Waals surface area contributed by atoms with E-state index in [0.29, 0.717) is 0 Å². The Morgan fingerprint density at radius 3 is 2.85 bits per heavy atom. The van der Waals surface area contributed by atoms with E-state index in [1.54, 1.807) is 0 Å². The van der Waals surface area contributed by atoms with Crippen LogP contribution >= 0.6 is 0 Å². The molecule has 0 saturated carbocycles. The zero-order valence-electron chi connectivity index (χ0n) is 8.17. The molecule has 13 heavy (non-hydrogen) atoms. The van der Waals surface area contributed by atoms with Crippen molar-refractivity contribution in [2.24, 2.45) is 5.73 Å². The molecule has 0 saturated heterocycles. The van der Waals surface area contributed by atoms with Crippen LogP contribution in [0, 0.1) is 6.92 Å². The lowest BCUT2D eigenvalue weighted by molar-refractivity contribution is 0.948. The number of hydrogen-bond donors (Lipinski definition) is 1. The highest BCUT2D eigenvalue weighted by molar-refractivity contribution is 5.76. The Hall–Kier alpha value is -1.08. The van der Waals surface area contributed by atoms with Gasteiger partial charge in [-0.25, -0.2) is 0 Å². The molecule has 1 heteroatoms. The lowest BCUT2D eigenvalue weighted by Gasteiger charge is -2.09. The van der Waals surface area contributed by atoms with E-state index in [1.165, 1.54) is 22.3 Å². The fraction of sp³-hybridized carbons (Fsp3) is 0.333. The van der Waals surface area contributed by atoms with Gasteiger partial charge in [0.05, 0.1) is 0 Å². The lowest BCUT2D eigenvalue weighted by Crippen LogP contribution is -2.15. The molecule has 0 bridgehead atoms. The molecule has 1 aliphatic carbocycles. The maximum atomic E-state index is 5.88. The Labute approximate surface area is 79.3 Å². The summed E-state index contributed by atoms with van der Waals surface area (Å²) >= 11 is 0. The van der Waals surface area contributed by atoms with Crippen molar-refractivity contribution in [3.63, 3.8) is 0 Å². The molecule has 2 N–H and O–H groups in total. The van der Waals surface area contributed by atoms with E-state index in [2.05, 4.69) is 31.2 Å². The molecule has 1 atom stereocenters. The summed E-state index contributed by atoms with van der Waals surface area (Å²) in [5.41, 5.74) is 11.3. The molecule has 0 heterocycles. The van der Waals surface area contributed by atoms with Crippen molar-refractivity contribution in [3.05, 3.63) is 41.0 Å². The zero-order valence-corrected chi connectivity index (χ0v) is 8.17. The first kappa shape index (κ1) is 8.52. The van der Waals surface area contributed by atoms with E-state index >= 15 is 0 Å². The second-order valence-electron chi connectivity index (χ2n) is 3.81. The summed E-state index contributed by atoms with van der Waals surface area (Å²) in [5, 5.41) is 0. The minimum Gasteiger partial charge on any atom is -0.324 e. The summed E-state index contributed by atoms with van der Waals surface area (Å²) in [5.74, 6) is 0. The lowest BCUT2D eigenvalue weighted by atomic mass is 10.00. The van der Waals surface area contributed by atoms with Crippen LogP contribution in [0.1, 0.15) is 23.6 Å². The van der Waals surface area contributed by atoms with Gasteiger partial charge < -0.3 is 5.73 Å². The summed E-state index contributed by atoms with van der Waals surface area (Å²) in [4.78, 5) is 0. The van der Waals surface area contributed by atoms with Crippen LogP contribution in [0.2, 0.25) is 0 Å². The van der Waals surface area contributed by atoms with Crippen LogP contribution in [0.15, 0.2) is 24.3 Å². The fourth-order valence-corrected chi connectivity index (χ4v) is 1.93. The highest BCUT2D eigenvalue weighted by atomic mass is 14.6. The molecule has 0 aromatic heterocycles. The van der Waals surface area contributed by atoms with Crippen molar-refractivity contribution >= 4 is 5.57 Å². The summed E-state index contributed by atoms with van der Waals surface area (Å²) in [7, 11) is 0. The van der Waals surface area contributed by atoms with Crippen LogP contribution in [0.3, 0.4) is 0 Å². The van der Waals surface area contributed by atoms with Crippen molar-refractivity contribution in [3.8, 4) is 0 Å². The van der Waals surface area contributed by atoms with Crippen LogP contribution in [0.25, 0.3) is 5.57 Å². The largest absolute Gasteiger partial charge is 0.324 e. The number of aryl methyl sites for hydroxylation is 1. The van der Waals surface area contributed by atoms with Crippen molar-refractivity contribution < 1.29 is 0 Å². The van der Waals surface area contributed by atoms with E-state index < -0.39 is 0 Å². The summed E-state index contributed by atoms with van der Waals surface area (Å²) in [6.07, 6.45) is 3.29. The molecule has 1 nitrogen and oxygen atoms in total. The van der Waals surface area contributed by atoms with Crippen molar-refractivity contribution in [2.75, 3.05) is 0 Å². The third-order valence-electron chi connectivity index (χ3n) is 2.60. The first-order valence-corrected chi connectivity index (χ1v) is 4.74. The molecule has 2 rings (SSSR count). The zero-order chi connectivity index (χ0) is 9.42. The monoisotopic (exact) mass is 173 g/mol. The third-order valence-corrected chi connectivity index (χ3v) is 2.60. The average molecular weight is 173 g/mol. The minimum absolute atomic E-state index is 0.156. The summed E-state index contributed by atoms with van der Waals surface area (Å²) in [6.45, 7) is 4.17. The summed E-state index contributed by atoms with van der Waals surface area (Å²) in [6, 6.07) is 6.75. The highest BCUT2D eigenvalue weighted by Crippen LogP contribution is 2.29. The normalized spacial score (nSPS) is 16.7. The topological polar surface area (TPSA) is 26.0 Å². The van der Waals surface area contributed by atoms with Gasteiger partial charge in [-0.05, 0) is 37.0 Å².